The summed E-state index contributed by atoms with van der Waals surface area (Å²) in [6.07, 6.45) is 7.07. The van der Waals surface area contributed by atoms with Gasteiger partial charge >= 0.3 is 11.9 Å². The Morgan fingerprint density at radius 1 is 0.656 bits per heavy atom. The van der Waals surface area contributed by atoms with E-state index in [-0.39, 0.29) is 17.9 Å². The van der Waals surface area contributed by atoms with E-state index in [0.717, 1.165) is 44.1 Å². The smallest absolute Gasteiger partial charge is 0.343 e. The number of ether oxygens (including phenoxy) is 2. The number of carbonyl (C=O) groups is 2. The molecule has 4 nitrogen and oxygen atoms in total. The lowest BCUT2D eigenvalue weighted by Crippen LogP contribution is -2.22. The van der Waals surface area contributed by atoms with Crippen LogP contribution in [-0.4, -0.2) is 11.9 Å². The zero-order valence-electron chi connectivity index (χ0n) is 18.2. The van der Waals surface area contributed by atoms with Crippen LogP contribution in [0.15, 0.2) is 78.9 Å². The highest BCUT2D eigenvalue weighted by Gasteiger charge is 2.22. The van der Waals surface area contributed by atoms with Crippen molar-refractivity contribution >= 4 is 11.9 Å². The first-order chi connectivity index (χ1) is 15.7. The van der Waals surface area contributed by atoms with Gasteiger partial charge in [-0.25, -0.2) is 4.79 Å². The van der Waals surface area contributed by atoms with Crippen molar-refractivity contribution in [3.8, 4) is 11.5 Å². The Bertz CT molecular complexity index is 1020. The quantitative estimate of drug-likeness (QED) is 0.333. The van der Waals surface area contributed by atoms with Crippen LogP contribution >= 0.6 is 0 Å². The zero-order valence-corrected chi connectivity index (χ0v) is 18.2. The third-order valence-corrected chi connectivity index (χ3v) is 5.93. The number of carbonyl (C=O) groups excluding carboxylic acids is 2. The molecule has 0 amide bonds. The molecule has 1 aliphatic carbocycles. The first-order valence-electron chi connectivity index (χ1n) is 11.3. The van der Waals surface area contributed by atoms with Gasteiger partial charge in [-0.2, -0.15) is 0 Å². The van der Waals surface area contributed by atoms with Crippen LogP contribution in [0.5, 0.6) is 11.5 Å². The van der Waals surface area contributed by atoms with Gasteiger partial charge in [0.2, 0.25) is 0 Å². The van der Waals surface area contributed by atoms with Crippen molar-refractivity contribution < 1.29 is 19.1 Å². The molecule has 1 saturated carbocycles. The summed E-state index contributed by atoms with van der Waals surface area (Å²) in [6.45, 7) is 0. The Morgan fingerprint density at radius 3 is 1.84 bits per heavy atom. The molecule has 0 radical (unpaired) electrons. The van der Waals surface area contributed by atoms with Crippen LogP contribution in [0, 0.1) is 5.92 Å². The normalized spacial score (nSPS) is 14.0. The topological polar surface area (TPSA) is 52.6 Å². The van der Waals surface area contributed by atoms with E-state index in [1.807, 2.05) is 54.6 Å². The van der Waals surface area contributed by atoms with Crippen molar-refractivity contribution in [3.05, 3.63) is 95.6 Å². The summed E-state index contributed by atoms with van der Waals surface area (Å²) in [5.41, 5.74) is 2.85. The number of para-hydroxylation sites is 1. The lowest BCUT2D eigenvalue weighted by atomic mass is 9.89. The molecule has 0 aromatic heterocycles. The minimum absolute atomic E-state index is 0.0522. The van der Waals surface area contributed by atoms with Gasteiger partial charge in [0.05, 0.1) is 11.5 Å². The molecular weight excluding hydrogens is 400 g/mol. The maximum Gasteiger partial charge on any atom is 0.343 e. The van der Waals surface area contributed by atoms with E-state index < -0.39 is 0 Å². The number of aryl methyl sites for hydroxylation is 2. The van der Waals surface area contributed by atoms with E-state index in [1.165, 1.54) is 12.0 Å². The lowest BCUT2D eigenvalue weighted by molar-refractivity contribution is -0.139. The van der Waals surface area contributed by atoms with Crippen molar-refractivity contribution in [1.82, 2.24) is 0 Å². The molecule has 4 rings (SSSR count). The molecular formula is C28H28O4. The second kappa shape index (κ2) is 10.8. The van der Waals surface area contributed by atoms with E-state index in [0.29, 0.717) is 17.1 Å². The van der Waals surface area contributed by atoms with Crippen LogP contribution < -0.4 is 9.47 Å². The largest absolute Gasteiger partial charge is 0.426 e. The number of rotatable bonds is 7. The maximum absolute atomic E-state index is 12.3. The van der Waals surface area contributed by atoms with E-state index in [2.05, 4.69) is 0 Å². The van der Waals surface area contributed by atoms with Gasteiger partial charge in [0.25, 0.3) is 0 Å². The Hall–Kier alpha value is -3.40. The van der Waals surface area contributed by atoms with Crippen molar-refractivity contribution in [3.63, 3.8) is 0 Å². The third-order valence-electron chi connectivity index (χ3n) is 5.93. The summed E-state index contributed by atoms with van der Waals surface area (Å²) in [5.74, 6) is 0.751. The van der Waals surface area contributed by atoms with Crippen LogP contribution in [0.1, 0.15) is 53.6 Å². The summed E-state index contributed by atoms with van der Waals surface area (Å²) in [7, 11) is 0. The number of benzene rings is 3. The molecule has 3 aromatic carbocycles. The number of esters is 2. The van der Waals surface area contributed by atoms with E-state index in [1.54, 1.807) is 24.3 Å². The standard InChI is InChI=1S/C28H28O4/c29-27(23-7-3-1-4-8-23)32-26-19-15-22(16-20-26)12-11-21-13-17-24(18-14-21)28(30)31-25-9-5-2-6-10-25/h2,5-6,9-10,13-20,23H,1,3-4,7-8,11-12H2. The molecule has 0 saturated heterocycles. The van der Waals surface area contributed by atoms with Gasteiger partial charge in [0.15, 0.2) is 0 Å². The van der Waals surface area contributed by atoms with Crippen molar-refractivity contribution in [2.45, 2.75) is 44.9 Å². The molecule has 32 heavy (non-hydrogen) atoms. The van der Waals surface area contributed by atoms with Gasteiger partial charge in [-0.15, -0.1) is 0 Å². The maximum atomic E-state index is 12.3. The highest BCUT2D eigenvalue weighted by Crippen LogP contribution is 2.26. The summed E-state index contributed by atoms with van der Waals surface area (Å²) in [4.78, 5) is 24.5. The van der Waals surface area contributed by atoms with Crippen molar-refractivity contribution in [2.24, 2.45) is 5.92 Å². The monoisotopic (exact) mass is 428 g/mol. The minimum Gasteiger partial charge on any atom is -0.426 e. The second-order valence-electron chi connectivity index (χ2n) is 8.30. The van der Waals surface area contributed by atoms with Gasteiger partial charge in [-0.1, -0.05) is 61.7 Å². The minimum atomic E-state index is -0.360. The van der Waals surface area contributed by atoms with Gasteiger partial charge in [-0.05, 0) is 73.2 Å². The fourth-order valence-electron chi connectivity index (χ4n) is 4.01. The van der Waals surface area contributed by atoms with Crippen LogP contribution in [0.4, 0.5) is 0 Å². The summed E-state index contributed by atoms with van der Waals surface area (Å²) >= 11 is 0. The molecule has 1 aliphatic rings. The third kappa shape index (κ3) is 6.07. The zero-order chi connectivity index (χ0) is 22.2. The summed E-state index contributed by atoms with van der Waals surface area (Å²) in [6, 6.07) is 24.3. The second-order valence-corrected chi connectivity index (χ2v) is 8.30. The van der Waals surface area contributed by atoms with Gasteiger partial charge in [0.1, 0.15) is 11.5 Å². The predicted molar refractivity (Wildman–Crippen MR) is 124 cm³/mol. The predicted octanol–water partition coefficient (Wildman–Crippen LogP) is 6.18. The molecule has 0 bridgehead atoms. The average Bonchev–Trinajstić information content (AvgIpc) is 2.85. The van der Waals surface area contributed by atoms with Crippen molar-refractivity contribution in [1.29, 1.82) is 0 Å². The number of hydrogen-bond acceptors (Lipinski definition) is 4. The first-order valence-corrected chi connectivity index (χ1v) is 11.3. The molecule has 4 heteroatoms. The Kier molecular flexibility index (Phi) is 7.34. The Labute approximate surface area is 189 Å². The van der Waals surface area contributed by atoms with Crippen molar-refractivity contribution in [2.75, 3.05) is 0 Å². The number of hydrogen-bond donors (Lipinski definition) is 0. The van der Waals surface area contributed by atoms with Gasteiger partial charge < -0.3 is 9.47 Å². The lowest BCUT2D eigenvalue weighted by Gasteiger charge is -2.19. The molecule has 0 heterocycles. The molecule has 0 N–H and O–H groups in total. The fraction of sp³-hybridized carbons (Fsp3) is 0.286. The summed E-state index contributed by atoms with van der Waals surface area (Å²) in [5, 5.41) is 0. The first kappa shape index (κ1) is 21.8. The molecule has 0 spiro atoms. The van der Waals surface area contributed by atoms with E-state index in [9.17, 15) is 9.59 Å². The van der Waals surface area contributed by atoms with Gasteiger partial charge in [0, 0.05) is 0 Å². The van der Waals surface area contributed by atoms with Crippen LogP contribution in [0.25, 0.3) is 0 Å². The Balaban J connectivity index is 1.26. The van der Waals surface area contributed by atoms with Crippen LogP contribution in [0.2, 0.25) is 0 Å². The molecule has 0 unspecified atom stereocenters. The van der Waals surface area contributed by atoms with Crippen LogP contribution in [-0.2, 0) is 17.6 Å². The molecule has 0 atom stereocenters. The SMILES string of the molecule is O=C(Oc1ccccc1)c1ccc(CCc2ccc(OC(=O)C3CCCCC3)cc2)cc1. The van der Waals surface area contributed by atoms with Gasteiger partial charge in [-0.3, -0.25) is 4.79 Å². The fourth-order valence-corrected chi connectivity index (χ4v) is 4.01. The molecule has 0 aliphatic heterocycles. The molecule has 3 aromatic rings. The molecule has 164 valence electrons. The molecule has 1 fully saturated rings. The summed E-state index contributed by atoms with van der Waals surface area (Å²) < 4.78 is 10.9. The highest BCUT2D eigenvalue weighted by atomic mass is 16.5. The Morgan fingerprint density at radius 2 is 1.22 bits per heavy atom. The highest BCUT2D eigenvalue weighted by molar-refractivity contribution is 5.91. The van der Waals surface area contributed by atoms with E-state index in [4.69, 9.17) is 9.47 Å². The van der Waals surface area contributed by atoms with Crippen LogP contribution in [0.3, 0.4) is 0 Å². The average molecular weight is 429 g/mol. The van der Waals surface area contributed by atoms with E-state index >= 15 is 0 Å².